The lowest BCUT2D eigenvalue weighted by molar-refractivity contribution is -0.385. The van der Waals surface area contributed by atoms with Crippen LogP contribution in [-0.2, 0) is 6.54 Å². The van der Waals surface area contributed by atoms with E-state index in [4.69, 9.17) is 4.74 Å². The molecule has 2 heterocycles. The molecule has 0 aromatic carbocycles. The van der Waals surface area contributed by atoms with Crippen molar-refractivity contribution in [1.82, 2.24) is 15.0 Å². The monoisotopic (exact) mass is 303 g/mol. The molecule has 0 saturated carbocycles. The van der Waals surface area contributed by atoms with Crippen LogP contribution in [0.15, 0.2) is 24.5 Å². The van der Waals surface area contributed by atoms with Crippen molar-refractivity contribution >= 4 is 11.5 Å². The molecule has 116 valence electrons. The Bertz CT molecular complexity index is 648. The second-order valence-corrected chi connectivity index (χ2v) is 4.59. The van der Waals surface area contributed by atoms with Gasteiger partial charge in [-0.25, -0.2) is 4.98 Å². The molecule has 2 aromatic rings. The van der Waals surface area contributed by atoms with Crippen LogP contribution in [0.1, 0.15) is 24.7 Å². The highest BCUT2D eigenvalue weighted by molar-refractivity contribution is 5.61. The molecule has 0 aliphatic carbocycles. The molecular formula is C14H17N5O3. The molecule has 0 bridgehead atoms. The van der Waals surface area contributed by atoms with Crippen molar-refractivity contribution in [3.63, 3.8) is 0 Å². The van der Waals surface area contributed by atoms with Gasteiger partial charge in [0.1, 0.15) is 5.82 Å². The van der Waals surface area contributed by atoms with Crippen molar-refractivity contribution in [2.24, 2.45) is 0 Å². The van der Waals surface area contributed by atoms with E-state index in [0.717, 1.165) is 12.0 Å². The summed E-state index contributed by atoms with van der Waals surface area (Å²) in [4.78, 5) is 22.9. The predicted molar refractivity (Wildman–Crippen MR) is 80.8 cm³/mol. The number of rotatable bonds is 7. The third-order valence-corrected chi connectivity index (χ3v) is 2.77. The van der Waals surface area contributed by atoms with Gasteiger partial charge in [-0.2, -0.15) is 4.98 Å². The molecule has 0 aliphatic heterocycles. The van der Waals surface area contributed by atoms with E-state index in [-0.39, 0.29) is 17.4 Å². The number of aryl methyl sites for hydroxylation is 1. The van der Waals surface area contributed by atoms with Crippen LogP contribution in [0, 0.1) is 17.0 Å². The summed E-state index contributed by atoms with van der Waals surface area (Å²) < 4.78 is 5.38. The third-order valence-electron chi connectivity index (χ3n) is 2.77. The van der Waals surface area contributed by atoms with E-state index in [9.17, 15) is 10.1 Å². The summed E-state index contributed by atoms with van der Waals surface area (Å²) in [6, 6.07) is 3.67. The first-order valence-electron chi connectivity index (χ1n) is 6.90. The second kappa shape index (κ2) is 7.30. The molecule has 0 atom stereocenters. The Morgan fingerprint density at radius 3 is 2.86 bits per heavy atom. The summed E-state index contributed by atoms with van der Waals surface area (Å²) >= 11 is 0. The maximum Gasteiger partial charge on any atom is 0.372 e. The maximum absolute atomic E-state index is 11.3. The Balaban J connectivity index is 2.28. The van der Waals surface area contributed by atoms with E-state index in [1.807, 2.05) is 13.0 Å². The Labute approximate surface area is 127 Å². The average Bonchev–Trinajstić information content (AvgIpc) is 2.51. The minimum absolute atomic E-state index is 0.00645. The van der Waals surface area contributed by atoms with E-state index in [0.29, 0.717) is 19.0 Å². The molecule has 0 unspecified atom stereocenters. The van der Waals surface area contributed by atoms with Gasteiger partial charge in [-0.1, -0.05) is 13.0 Å². The van der Waals surface area contributed by atoms with Crippen molar-refractivity contribution in [3.05, 3.63) is 46.0 Å². The molecule has 22 heavy (non-hydrogen) atoms. The molecule has 1 N–H and O–H groups in total. The maximum atomic E-state index is 11.3. The van der Waals surface area contributed by atoms with Gasteiger partial charge >= 0.3 is 5.69 Å². The average molecular weight is 303 g/mol. The SMILES string of the molecule is CCCOc1nc(C)nc(NCc2cccnc2)c1[N+](=O)[O-]. The van der Waals surface area contributed by atoms with Crippen molar-refractivity contribution in [3.8, 4) is 5.88 Å². The Kier molecular flexibility index (Phi) is 5.18. The summed E-state index contributed by atoms with van der Waals surface area (Å²) in [6.45, 7) is 4.32. The van der Waals surface area contributed by atoms with Gasteiger partial charge in [0.15, 0.2) is 0 Å². The smallest absolute Gasteiger partial charge is 0.372 e. The molecule has 2 aromatic heterocycles. The number of pyridine rings is 1. The number of ether oxygens (including phenoxy) is 1. The van der Waals surface area contributed by atoms with Crippen LogP contribution in [-0.4, -0.2) is 26.5 Å². The molecule has 8 nitrogen and oxygen atoms in total. The Hall–Kier alpha value is -2.77. The van der Waals surface area contributed by atoms with Crippen LogP contribution in [0.5, 0.6) is 5.88 Å². The zero-order valence-corrected chi connectivity index (χ0v) is 12.4. The van der Waals surface area contributed by atoms with Gasteiger partial charge in [0.25, 0.3) is 5.88 Å². The van der Waals surface area contributed by atoms with Gasteiger partial charge < -0.3 is 10.1 Å². The quantitative estimate of drug-likeness (QED) is 0.619. The molecular weight excluding hydrogens is 286 g/mol. The van der Waals surface area contributed by atoms with Gasteiger partial charge in [-0.05, 0) is 25.0 Å². The highest BCUT2D eigenvalue weighted by atomic mass is 16.6. The van der Waals surface area contributed by atoms with Crippen LogP contribution in [0.2, 0.25) is 0 Å². The molecule has 0 fully saturated rings. The fraction of sp³-hybridized carbons (Fsp3) is 0.357. The molecule has 2 rings (SSSR count). The Morgan fingerprint density at radius 2 is 2.23 bits per heavy atom. The van der Waals surface area contributed by atoms with Crippen LogP contribution in [0.25, 0.3) is 0 Å². The molecule has 0 radical (unpaired) electrons. The van der Waals surface area contributed by atoms with Crippen LogP contribution in [0.3, 0.4) is 0 Å². The molecule has 0 aliphatic rings. The number of hydrogen-bond acceptors (Lipinski definition) is 7. The normalized spacial score (nSPS) is 10.3. The Morgan fingerprint density at radius 1 is 1.41 bits per heavy atom. The topological polar surface area (TPSA) is 103 Å². The number of nitro groups is 1. The molecule has 8 heteroatoms. The number of hydrogen-bond donors (Lipinski definition) is 1. The van der Waals surface area contributed by atoms with E-state index >= 15 is 0 Å². The number of aromatic nitrogens is 3. The number of anilines is 1. The standard InChI is InChI=1S/C14H17N5O3/c1-3-7-22-14-12(19(20)21)13(17-10(2)18-14)16-9-11-5-4-6-15-8-11/h4-6,8H,3,7,9H2,1-2H3,(H,16,17,18). The fourth-order valence-corrected chi connectivity index (χ4v) is 1.82. The van der Waals surface area contributed by atoms with Crippen LogP contribution in [0.4, 0.5) is 11.5 Å². The minimum atomic E-state index is -0.532. The lowest BCUT2D eigenvalue weighted by Crippen LogP contribution is -2.10. The molecule has 0 amide bonds. The van der Waals surface area contributed by atoms with Crippen LogP contribution >= 0.6 is 0 Å². The van der Waals surface area contributed by atoms with E-state index in [2.05, 4.69) is 20.3 Å². The lowest BCUT2D eigenvalue weighted by atomic mass is 10.3. The lowest BCUT2D eigenvalue weighted by Gasteiger charge is -2.10. The highest BCUT2D eigenvalue weighted by Gasteiger charge is 2.25. The summed E-state index contributed by atoms with van der Waals surface area (Å²) in [5.74, 6) is 0.547. The third kappa shape index (κ3) is 3.87. The fourth-order valence-electron chi connectivity index (χ4n) is 1.82. The summed E-state index contributed by atoms with van der Waals surface area (Å²) in [6.07, 6.45) is 4.08. The van der Waals surface area contributed by atoms with Gasteiger partial charge in [0.2, 0.25) is 5.82 Å². The molecule has 0 saturated heterocycles. The van der Waals surface area contributed by atoms with Gasteiger partial charge in [0, 0.05) is 18.9 Å². The first-order chi connectivity index (χ1) is 10.6. The van der Waals surface area contributed by atoms with Crippen LogP contribution < -0.4 is 10.1 Å². The van der Waals surface area contributed by atoms with Gasteiger partial charge in [-0.15, -0.1) is 0 Å². The van der Waals surface area contributed by atoms with Gasteiger partial charge in [-0.3, -0.25) is 15.1 Å². The second-order valence-electron chi connectivity index (χ2n) is 4.59. The number of nitrogens with one attached hydrogen (secondary N) is 1. The first kappa shape index (κ1) is 15.6. The number of nitrogens with zero attached hydrogens (tertiary/aromatic N) is 4. The highest BCUT2D eigenvalue weighted by Crippen LogP contribution is 2.32. The van der Waals surface area contributed by atoms with Crippen molar-refractivity contribution in [2.75, 3.05) is 11.9 Å². The minimum Gasteiger partial charge on any atom is -0.473 e. The largest absolute Gasteiger partial charge is 0.473 e. The summed E-state index contributed by atoms with van der Waals surface area (Å²) in [5.41, 5.74) is 0.645. The molecule has 0 spiro atoms. The van der Waals surface area contributed by atoms with Gasteiger partial charge in [0.05, 0.1) is 11.5 Å². The summed E-state index contributed by atoms with van der Waals surface area (Å²) in [7, 11) is 0. The summed E-state index contributed by atoms with van der Waals surface area (Å²) in [5, 5.41) is 14.3. The van der Waals surface area contributed by atoms with E-state index < -0.39 is 4.92 Å². The van der Waals surface area contributed by atoms with Crippen molar-refractivity contribution in [1.29, 1.82) is 0 Å². The van der Waals surface area contributed by atoms with E-state index in [1.54, 1.807) is 25.4 Å². The van der Waals surface area contributed by atoms with Crippen molar-refractivity contribution < 1.29 is 9.66 Å². The zero-order chi connectivity index (χ0) is 15.9. The first-order valence-corrected chi connectivity index (χ1v) is 6.90. The predicted octanol–water partition coefficient (Wildman–Crippen LogP) is 2.49. The van der Waals surface area contributed by atoms with Crippen molar-refractivity contribution in [2.45, 2.75) is 26.8 Å². The zero-order valence-electron chi connectivity index (χ0n) is 12.4. The van der Waals surface area contributed by atoms with E-state index in [1.165, 1.54) is 0 Å².